The highest BCUT2D eigenvalue weighted by Crippen LogP contribution is 2.25. The van der Waals surface area contributed by atoms with Crippen LogP contribution in [0.4, 0.5) is 13.2 Å². The van der Waals surface area contributed by atoms with Gasteiger partial charge in [-0.3, -0.25) is 4.28 Å². The van der Waals surface area contributed by atoms with Gasteiger partial charge in [-0.2, -0.15) is 26.9 Å². The minimum atomic E-state index is -5.25. The fraction of sp³-hybridized carbons (Fsp3) is 0.154. The molecule has 0 spiro atoms. The second-order valence-electron chi connectivity index (χ2n) is 4.41. The maximum absolute atomic E-state index is 13.1. The summed E-state index contributed by atoms with van der Waals surface area (Å²) in [4.78, 5) is 11.9. The van der Waals surface area contributed by atoms with Crippen molar-refractivity contribution in [2.24, 2.45) is 5.16 Å². The summed E-state index contributed by atoms with van der Waals surface area (Å²) >= 11 is 0. The number of nitriles is 1. The highest BCUT2D eigenvalue weighted by Gasteiger charge is 2.40. The Bertz CT molecular complexity index is 1050. The molecule has 8 nitrogen and oxygen atoms in total. The van der Waals surface area contributed by atoms with E-state index in [2.05, 4.69) is 9.44 Å². The molecule has 0 aliphatic heterocycles. The van der Waals surface area contributed by atoms with Crippen LogP contribution in [0.5, 0.6) is 5.75 Å². The normalized spacial score (nSPS) is 12.7. The molecule has 0 aliphatic carbocycles. The molecule has 2 aromatic rings. The van der Waals surface area contributed by atoms with Gasteiger partial charge in [0.1, 0.15) is 11.3 Å². The number of nitrogens with zero attached hydrogens (tertiary/aromatic N) is 2. The molecule has 0 amide bonds. The zero-order chi connectivity index (χ0) is 18.8. The second-order valence-corrected chi connectivity index (χ2v) is 5.65. The average Bonchev–Trinajstić information content (AvgIpc) is 2.53. The summed E-state index contributed by atoms with van der Waals surface area (Å²) in [5.74, 6) is 0.302. The molecule has 0 N–H and O–H groups in total. The SMILES string of the molecule is COc1ccc2cc(/C(=N\OS(=O)(=O)C#N)C(F)(F)F)c(=O)oc2c1. The van der Waals surface area contributed by atoms with Gasteiger partial charge in [0.15, 0.2) is 5.71 Å². The van der Waals surface area contributed by atoms with Crippen LogP contribution in [-0.4, -0.2) is 27.4 Å². The molecule has 0 saturated heterocycles. The van der Waals surface area contributed by atoms with E-state index >= 15 is 0 Å². The Hall–Kier alpha value is -3.07. The summed E-state index contributed by atoms with van der Waals surface area (Å²) in [7, 11) is -3.64. The number of halogens is 3. The van der Waals surface area contributed by atoms with Crippen molar-refractivity contribution in [1.29, 1.82) is 5.26 Å². The van der Waals surface area contributed by atoms with Gasteiger partial charge < -0.3 is 9.15 Å². The van der Waals surface area contributed by atoms with Crippen molar-refractivity contribution in [2.75, 3.05) is 7.11 Å². The Labute approximate surface area is 137 Å². The predicted octanol–water partition coefficient (Wildman–Crippen LogP) is 1.90. The van der Waals surface area contributed by atoms with Gasteiger partial charge >= 0.3 is 21.9 Å². The lowest BCUT2D eigenvalue weighted by atomic mass is 10.1. The first-order chi connectivity index (χ1) is 11.6. The maximum atomic E-state index is 13.1. The van der Waals surface area contributed by atoms with Crippen molar-refractivity contribution in [3.05, 3.63) is 40.2 Å². The summed E-state index contributed by atoms with van der Waals surface area (Å²) in [5.41, 5.74) is -4.54. The van der Waals surface area contributed by atoms with Crippen molar-refractivity contribution in [3.8, 4) is 11.2 Å². The molecule has 12 heteroatoms. The van der Waals surface area contributed by atoms with Gasteiger partial charge in [0.05, 0.1) is 12.7 Å². The van der Waals surface area contributed by atoms with Crippen molar-refractivity contribution in [2.45, 2.75) is 6.18 Å². The van der Waals surface area contributed by atoms with Gasteiger partial charge in [-0.25, -0.2) is 4.79 Å². The van der Waals surface area contributed by atoms with Gasteiger partial charge in [0.2, 0.25) is 5.40 Å². The molecule has 0 fully saturated rings. The molecule has 1 aromatic heterocycles. The van der Waals surface area contributed by atoms with E-state index in [9.17, 15) is 26.4 Å². The van der Waals surface area contributed by atoms with Gasteiger partial charge in [0.25, 0.3) is 0 Å². The summed E-state index contributed by atoms with van der Waals surface area (Å²) in [5, 5.41) is 11.3. The Balaban J connectivity index is 2.66. The zero-order valence-corrected chi connectivity index (χ0v) is 13.0. The molecule has 0 aliphatic rings. The molecule has 1 heterocycles. The van der Waals surface area contributed by atoms with Crippen LogP contribution in [0.25, 0.3) is 11.0 Å². The lowest BCUT2D eigenvalue weighted by Crippen LogP contribution is -2.29. The summed E-state index contributed by atoms with van der Waals surface area (Å²) in [6, 6.07) is 4.81. The topological polar surface area (TPSA) is 119 Å². The molecule has 0 saturated carbocycles. The Morgan fingerprint density at radius 1 is 1.32 bits per heavy atom. The van der Waals surface area contributed by atoms with Crippen LogP contribution >= 0.6 is 0 Å². The standard InChI is InChI=1S/C13H7F3N2O6S/c1-22-8-3-2-7-4-9(12(19)23-10(7)5-8)11(13(14,15)16)18-24-25(20,21)6-17/h2-5H,1H3/b18-11+. The largest absolute Gasteiger partial charge is 0.497 e. The van der Waals surface area contributed by atoms with E-state index in [0.29, 0.717) is 11.2 Å². The van der Waals surface area contributed by atoms with Gasteiger partial charge in [-0.1, -0.05) is 5.16 Å². The van der Waals surface area contributed by atoms with Crippen molar-refractivity contribution < 1.29 is 35.0 Å². The van der Waals surface area contributed by atoms with Gasteiger partial charge in [-0.15, -0.1) is 0 Å². The number of alkyl halides is 3. The quantitative estimate of drug-likeness (QED) is 0.263. The number of rotatable bonds is 4. The van der Waals surface area contributed by atoms with E-state index in [0.717, 1.165) is 6.07 Å². The monoisotopic (exact) mass is 376 g/mol. The van der Waals surface area contributed by atoms with E-state index in [1.54, 1.807) is 0 Å². The fourth-order valence-corrected chi connectivity index (χ4v) is 1.95. The number of hydrogen-bond donors (Lipinski definition) is 0. The first-order valence-electron chi connectivity index (χ1n) is 6.19. The predicted molar refractivity (Wildman–Crippen MR) is 77.2 cm³/mol. The Kier molecular flexibility index (Phi) is 4.71. The molecule has 0 bridgehead atoms. The number of benzene rings is 1. The molecule has 0 atom stereocenters. The Morgan fingerprint density at radius 3 is 2.56 bits per heavy atom. The zero-order valence-electron chi connectivity index (χ0n) is 12.2. The third kappa shape index (κ3) is 4.07. The maximum Gasteiger partial charge on any atom is 0.437 e. The number of thiocyanates is 1. The molecule has 25 heavy (non-hydrogen) atoms. The smallest absolute Gasteiger partial charge is 0.437 e. The van der Waals surface area contributed by atoms with E-state index in [1.807, 2.05) is 0 Å². The van der Waals surface area contributed by atoms with E-state index in [4.69, 9.17) is 14.4 Å². The summed E-state index contributed by atoms with van der Waals surface area (Å²) < 4.78 is 74.3. The van der Waals surface area contributed by atoms with Crippen LogP contribution < -0.4 is 10.4 Å². The number of oxime groups is 1. The minimum absolute atomic E-state index is 0.0554. The highest BCUT2D eigenvalue weighted by atomic mass is 32.2. The summed E-state index contributed by atoms with van der Waals surface area (Å²) in [6.45, 7) is 0. The minimum Gasteiger partial charge on any atom is -0.497 e. The van der Waals surface area contributed by atoms with Crippen LogP contribution in [0.15, 0.2) is 38.6 Å². The molecule has 2 rings (SSSR count). The Morgan fingerprint density at radius 2 is 2.00 bits per heavy atom. The van der Waals surface area contributed by atoms with Gasteiger partial charge in [-0.05, 0) is 18.2 Å². The van der Waals surface area contributed by atoms with E-state index in [-0.39, 0.29) is 11.0 Å². The van der Waals surface area contributed by atoms with Gasteiger partial charge in [0, 0.05) is 11.5 Å². The fourth-order valence-electron chi connectivity index (χ4n) is 1.74. The first-order valence-corrected chi connectivity index (χ1v) is 7.60. The van der Waals surface area contributed by atoms with Crippen molar-refractivity contribution in [1.82, 2.24) is 0 Å². The lowest BCUT2D eigenvalue weighted by Gasteiger charge is -2.09. The molecule has 132 valence electrons. The van der Waals surface area contributed by atoms with Crippen LogP contribution in [-0.2, 0) is 14.4 Å². The van der Waals surface area contributed by atoms with Crippen LogP contribution in [0.1, 0.15) is 5.56 Å². The van der Waals surface area contributed by atoms with E-state index in [1.165, 1.54) is 25.3 Å². The lowest BCUT2D eigenvalue weighted by molar-refractivity contribution is -0.0598. The molecule has 0 unspecified atom stereocenters. The van der Waals surface area contributed by atoms with Crippen molar-refractivity contribution in [3.63, 3.8) is 0 Å². The average molecular weight is 376 g/mol. The van der Waals surface area contributed by atoms with Crippen LogP contribution in [0.2, 0.25) is 0 Å². The van der Waals surface area contributed by atoms with E-state index < -0.39 is 33.2 Å². The second kappa shape index (κ2) is 6.44. The number of fused-ring (bicyclic) bond motifs is 1. The highest BCUT2D eigenvalue weighted by molar-refractivity contribution is 7.91. The van der Waals surface area contributed by atoms with Crippen molar-refractivity contribution >= 4 is 26.8 Å². The molecular weight excluding hydrogens is 369 g/mol. The van der Waals surface area contributed by atoms with Crippen LogP contribution in [0.3, 0.4) is 0 Å². The van der Waals surface area contributed by atoms with Crippen LogP contribution in [0, 0.1) is 10.7 Å². The molecule has 0 radical (unpaired) electrons. The molecule has 1 aromatic carbocycles. The third-order valence-corrected chi connectivity index (χ3v) is 3.30. The summed E-state index contributed by atoms with van der Waals surface area (Å²) in [6.07, 6.45) is -5.25. The third-order valence-electron chi connectivity index (χ3n) is 2.81. The number of hydrogen-bond acceptors (Lipinski definition) is 8. The molecular formula is C13H7F3N2O6S. The first kappa shape index (κ1) is 18.3. The number of methoxy groups -OCH3 is 1. The number of ether oxygens (including phenoxy) is 1.